The maximum Gasteiger partial charge on any atom is 0.333 e. The van der Waals surface area contributed by atoms with Gasteiger partial charge in [0, 0.05) is 12.1 Å². The second kappa shape index (κ2) is 7.26. The third-order valence-electron chi connectivity index (χ3n) is 3.98. The van der Waals surface area contributed by atoms with Gasteiger partial charge in [0.05, 0.1) is 11.5 Å². The Kier molecular flexibility index (Phi) is 5.38. The molecule has 0 heterocycles. The van der Waals surface area contributed by atoms with Crippen LogP contribution in [-0.4, -0.2) is 30.7 Å². The molecule has 1 saturated carbocycles. The van der Waals surface area contributed by atoms with Gasteiger partial charge in [-0.15, -0.1) is 0 Å². The van der Waals surface area contributed by atoms with Crippen molar-refractivity contribution in [2.45, 2.75) is 44.7 Å². The molecule has 0 unspecified atom stereocenters. The Balaban J connectivity index is 2.12. The second-order valence-electron chi connectivity index (χ2n) is 5.32. The van der Waals surface area contributed by atoms with Gasteiger partial charge < -0.3 is 15.4 Å². The van der Waals surface area contributed by atoms with Gasteiger partial charge in [-0.2, -0.15) is 0 Å². The summed E-state index contributed by atoms with van der Waals surface area (Å²) in [5, 5.41) is 17.9. The van der Waals surface area contributed by atoms with Gasteiger partial charge in [-0.3, -0.25) is 10.1 Å². The van der Waals surface area contributed by atoms with Crippen LogP contribution >= 0.6 is 0 Å². The Labute approximate surface area is 125 Å². The van der Waals surface area contributed by atoms with E-state index >= 15 is 0 Å². The highest BCUT2D eigenvalue weighted by Crippen LogP contribution is 2.36. The molecule has 1 aromatic carbocycles. The van der Waals surface area contributed by atoms with E-state index in [1.165, 1.54) is 0 Å². The highest BCUT2D eigenvalue weighted by atomic mass is 16.6. The Morgan fingerprint density at radius 2 is 1.95 bits per heavy atom. The van der Waals surface area contributed by atoms with Crippen LogP contribution in [0.2, 0.25) is 0 Å². The van der Waals surface area contributed by atoms with Crippen molar-refractivity contribution in [3.63, 3.8) is 0 Å². The predicted octanol–water partition coefficient (Wildman–Crippen LogP) is 2.94. The van der Waals surface area contributed by atoms with E-state index in [0.29, 0.717) is 24.1 Å². The first-order chi connectivity index (χ1) is 10.2. The van der Waals surface area contributed by atoms with Crippen LogP contribution in [0.4, 0.5) is 11.4 Å². The Bertz CT molecular complexity index is 485. The second-order valence-corrected chi connectivity index (χ2v) is 5.32. The third kappa shape index (κ3) is 3.85. The molecule has 6 heteroatoms. The molecule has 0 saturated heterocycles. The molecule has 2 N–H and O–H groups in total. The van der Waals surface area contributed by atoms with Crippen molar-refractivity contribution in [2.24, 2.45) is 0 Å². The van der Waals surface area contributed by atoms with Crippen LogP contribution in [0.5, 0.6) is 5.75 Å². The standard InChI is InChI=1S/C15H23N3O3/c1-3-21-14-6-4-5-13(15(14)18(19)20)17-12-9-7-11(16-2)8-10-12/h4-6,11-12,16-17H,3,7-10H2,1-2H3. The van der Waals surface area contributed by atoms with Crippen molar-refractivity contribution in [2.75, 3.05) is 19.0 Å². The third-order valence-corrected chi connectivity index (χ3v) is 3.98. The minimum atomic E-state index is -0.368. The fourth-order valence-corrected chi connectivity index (χ4v) is 2.85. The Morgan fingerprint density at radius 1 is 1.29 bits per heavy atom. The van der Waals surface area contributed by atoms with Crippen LogP contribution in [0, 0.1) is 10.1 Å². The topological polar surface area (TPSA) is 76.4 Å². The van der Waals surface area contributed by atoms with Crippen LogP contribution < -0.4 is 15.4 Å². The van der Waals surface area contributed by atoms with Crippen LogP contribution in [0.15, 0.2) is 18.2 Å². The Morgan fingerprint density at radius 3 is 2.52 bits per heavy atom. The zero-order valence-corrected chi connectivity index (χ0v) is 12.6. The lowest BCUT2D eigenvalue weighted by Crippen LogP contribution is -2.35. The van der Waals surface area contributed by atoms with E-state index in [1.807, 2.05) is 14.0 Å². The van der Waals surface area contributed by atoms with Crippen LogP contribution in [0.25, 0.3) is 0 Å². The summed E-state index contributed by atoms with van der Waals surface area (Å²) in [5.41, 5.74) is 0.592. The largest absolute Gasteiger partial charge is 0.487 e. The summed E-state index contributed by atoms with van der Waals surface area (Å²) in [6, 6.07) is 6.03. The van der Waals surface area contributed by atoms with E-state index in [-0.39, 0.29) is 16.7 Å². The summed E-state index contributed by atoms with van der Waals surface area (Å²) < 4.78 is 5.37. The summed E-state index contributed by atoms with van der Waals surface area (Å²) in [4.78, 5) is 11.0. The van der Waals surface area contributed by atoms with Crippen LogP contribution in [0.1, 0.15) is 32.6 Å². The molecule has 0 aromatic heterocycles. The van der Waals surface area contributed by atoms with E-state index < -0.39 is 0 Å². The quantitative estimate of drug-likeness (QED) is 0.623. The molecule has 1 aliphatic rings. The minimum absolute atomic E-state index is 0.0371. The van der Waals surface area contributed by atoms with E-state index in [9.17, 15) is 10.1 Å². The van der Waals surface area contributed by atoms with Crippen molar-refractivity contribution in [3.8, 4) is 5.75 Å². The number of nitro benzene ring substituents is 1. The monoisotopic (exact) mass is 293 g/mol. The molecule has 6 nitrogen and oxygen atoms in total. The summed E-state index contributed by atoms with van der Waals surface area (Å²) in [6.45, 7) is 2.24. The highest BCUT2D eigenvalue weighted by molar-refractivity contribution is 5.68. The number of nitrogens with zero attached hydrogens (tertiary/aromatic N) is 1. The van der Waals surface area contributed by atoms with Gasteiger partial charge in [0.1, 0.15) is 5.69 Å². The maximum atomic E-state index is 11.3. The number of hydrogen-bond acceptors (Lipinski definition) is 5. The first-order valence-electron chi connectivity index (χ1n) is 7.49. The molecule has 1 aliphatic carbocycles. The molecule has 2 rings (SSSR count). The lowest BCUT2D eigenvalue weighted by molar-refractivity contribution is -0.385. The summed E-state index contributed by atoms with van der Waals surface area (Å²) in [6.07, 6.45) is 4.21. The van der Waals surface area contributed by atoms with Gasteiger partial charge in [0.2, 0.25) is 0 Å². The van der Waals surface area contributed by atoms with E-state index in [1.54, 1.807) is 18.2 Å². The number of hydrogen-bond donors (Lipinski definition) is 2. The van der Waals surface area contributed by atoms with E-state index in [4.69, 9.17) is 4.74 Å². The number of para-hydroxylation sites is 1. The molecular weight excluding hydrogens is 270 g/mol. The molecule has 116 valence electrons. The SMILES string of the molecule is CCOc1cccc(NC2CCC(NC)CC2)c1[N+](=O)[O-]. The number of anilines is 1. The van der Waals surface area contributed by atoms with Gasteiger partial charge in [0.15, 0.2) is 5.75 Å². The normalized spacial score (nSPS) is 21.8. The first-order valence-corrected chi connectivity index (χ1v) is 7.49. The Hall–Kier alpha value is -1.82. The molecule has 0 radical (unpaired) electrons. The van der Waals surface area contributed by atoms with Crippen LogP contribution in [0.3, 0.4) is 0 Å². The molecule has 0 spiro atoms. The number of ether oxygens (including phenoxy) is 1. The average Bonchev–Trinajstić information content (AvgIpc) is 2.48. The molecule has 0 amide bonds. The van der Waals surface area contributed by atoms with Crippen molar-refractivity contribution in [3.05, 3.63) is 28.3 Å². The summed E-state index contributed by atoms with van der Waals surface area (Å²) >= 11 is 0. The highest BCUT2D eigenvalue weighted by Gasteiger charge is 2.25. The molecular formula is C15H23N3O3. The fourth-order valence-electron chi connectivity index (χ4n) is 2.85. The lowest BCUT2D eigenvalue weighted by Gasteiger charge is -2.29. The fraction of sp³-hybridized carbons (Fsp3) is 0.600. The molecule has 0 aliphatic heterocycles. The average molecular weight is 293 g/mol. The minimum Gasteiger partial charge on any atom is -0.487 e. The summed E-state index contributed by atoms with van der Waals surface area (Å²) in [7, 11) is 1.98. The molecule has 21 heavy (non-hydrogen) atoms. The van der Waals surface area contributed by atoms with Crippen molar-refractivity contribution in [1.82, 2.24) is 5.32 Å². The molecule has 1 aromatic rings. The van der Waals surface area contributed by atoms with E-state index in [0.717, 1.165) is 25.7 Å². The van der Waals surface area contributed by atoms with Gasteiger partial charge >= 0.3 is 5.69 Å². The zero-order valence-electron chi connectivity index (χ0n) is 12.6. The van der Waals surface area contributed by atoms with Crippen LogP contribution in [-0.2, 0) is 0 Å². The van der Waals surface area contributed by atoms with Gasteiger partial charge in [-0.05, 0) is 51.8 Å². The van der Waals surface area contributed by atoms with Gasteiger partial charge in [-0.25, -0.2) is 0 Å². The molecule has 1 fully saturated rings. The number of nitrogens with one attached hydrogen (secondary N) is 2. The smallest absolute Gasteiger partial charge is 0.333 e. The number of nitro groups is 1. The first kappa shape index (κ1) is 15.6. The van der Waals surface area contributed by atoms with Gasteiger partial charge in [0.25, 0.3) is 0 Å². The maximum absolute atomic E-state index is 11.3. The summed E-state index contributed by atoms with van der Waals surface area (Å²) in [5.74, 6) is 0.330. The van der Waals surface area contributed by atoms with Crippen molar-refractivity contribution >= 4 is 11.4 Å². The predicted molar refractivity (Wildman–Crippen MR) is 83.0 cm³/mol. The molecule has 0 bridgehead atoms. The zero-order chi connectivity index (χ0) is 15.2. The van der Waals surface area contributed by atoms with Crippen molar-refractivity contribution in [1.29, 1.82) is 0 Å². The van der Waals surface area contributed by atoms with E-state index in [2.05, 4.69) is 10.6 Å². The lowest BCUT2D eigenvalue weighted by atomic mass is 9.91. The number of benzene rings is 1. The molecule has 0 atom stereocenters. The van der Waals surface area contributed by atoms with Crippen molar-refractivity contribution < 1.29 is 9.66 Å². The number of rotatable bonds is 6. The van der Waals surface area contributed by atoms with Gasteiger partial charge in [-0.1, -0.05) is 6.07 Å².